The molecule has 1 aromatic rings. The number of benzene rings is 1. The van der Waals surface area contributed by atoms with Crippen molar-refractivity contribution in [2.24, 2.45) is 5.92 Å². The van der Waals surface area contributed by atoms with Gasteiger partial charge in [-0.15, -0.1) is 0 Å². The largest absolute Gasteiger partial charge is 0.513 e. The molecule has 6 nitrogen and oxygen atoms in total. The molecule has 2 saturated carbocycles. The first-order chi connectivity index (χ1) is 19.5. The minimum Gasteiger partial charge on any atom is -0.481 e. The zero-order chi connectivity index (χ0) is 27.7. The Morgan fingerprint density at radius 1 is 1.07 bits per heavy atom. The van der Waals surface area contributed by atoms with Crippen LogP contribution in [0.4, 0.5) is 4.79 Å². The van der Waals surface area contributed by atoms with E-state index in [1.807, 2.05) is 6.07 Å². The van der Waals surface area contributed by atoms with Crippen LogP contribution in [0.1, 0.15) is 114 Å². The molecule has 3 aliphatic carbocycles. The SMILES string of the molecule is C=C1CCC2(O)C3Cc4ccc(OC(=O)OCCCCCCCCCCCC)c5c4C2(CCN3CC2CC2)[C@H]1O5. The summed E-state index contributed by atoms with van der Waals surface area (Å²) in [6.07, 6.45) is 17.1. The number of unbranched alkanes of at least 4 members (excludes halogenated alkanes) is 9. The van der Waals surface area contributed by atoms with Crippen molar-refractivity contribution in [3.8, 4) is 11.5 Å². The molecule has 2 aliphatic heterocycles. The molecular formula is C34H49NO5. The zero-order valence-electron chi connectivity index (χ0n) is 24.6. The van der Waals surface area contributed by atoms with E-state index in [1.165, 1.54) is 69.8 Å². The first-order valence-corrected chi connectivity index (χ1v) is 16.3. The van der Waals surface area contributed by atoms with Crippen molar-refractivity contribution in [3.63, 3.8) is 0 Å². The lowest BCUT2D eigenvalue weighted by Crippen LogP contribution is -2.75. The minimum atomic E-state index is -0.862. The molecular weight excluding hydrogens is 502 g/mol. The summed E-state index contributed by atoms with van der Waals surface area (Å²) in [5.41, 5.74) is 1.93. The maximum Gasteiger partial charge on any atom is 0.513 e. The van der Waals surface area contributed by atoms with Gasteiger partial charge in [0, 0.05) is 18.2 Å². The lowest BCUT2D eigenvalue weighted by molar-refractivity contribution is -0.174. The standard InChI is InChI=1S/C34H49NO5/c1-3-4-5-6-7-8-9-10-11-12-21-38-32(36)39-27-16-15-26-22-28-34(37)18-17-24(2)31-33(34,29(26)30(27)40-31)19-20-35(28)23-25-13-14-25/h15-16,25,28,31,37H,2-14,17-23H2,1H3/t28?,31-,33?,34?/m0/s1. The van der Waals surface area contributed by atoms with Gasteiger partial charge in [-0.05, 0) is 74.6 Å². The van der Waals surface area contributed by atoms with Crippen LogP contribution in [0, 0.1) is 5.92 Å². The molecule has 0 radical (unpaired) electrons. The van der Waals surface area contributed by atoms with Crippen LogP contribution in [0.25, 0.3) is 0 Å². The lowest BCUT2D eigenvalue weighted by Gasteiger charge is -2.63. The van der Waals surface area contributed by atoms with E-state index in [0.29, 0.717) is 24.5 Å². The molecule has 2 heterocycles. The Bertz CT molecular complexity index is 1100. The van der Waals surface area contributed by atoms with Crippen LogP contribution in [-0.4, -0.2) is 53.6 Å². The van der Waals surface area contributed by atoms with Gasteiger partial charge in [0.25, 0.3) is 0 Å². The third-order valence-electron chi connectivity index (χ3n) is 10.6. The summed E-state index contributed by atoms with van der Waals surface area (Å²) >= 11 is 0. The van der Waals surface area contributed by atoms with Crippen LogP contribution in [0.5, 0.6) is 11.5 Å². The van der Waals surface area contributed by atoms with E-state index in [1.54, 1.807) is 0 Å². The average Bonchev–Trinajstić information content (AvgIpc) is 3.68. The lowest BCUT2D eigenvalue weighted by atomic mass is 9.48. The molecule has 4 atom stereocenters. The summed E-state index contributed by atoms with van der Waals surface area (Å²) in [6.45, 7) is 9.05. The number of hydrogen-bond donors (Lipinski definition) is 1. The Labute approximate surface area is 240 Å². The first kappa shape index (κ1) is 28.1. The number of piperidine rings is 1. The molecule has 1 spiro atoms. The molecule has 1 aromatic carbocycles. The van der Waals surface area contributed by atoms with Crippen LogP contribution < -0.4 is 9.47 Å². The molecule has 40 heavy (non-hydrogen) atoms. The van der Waals surface area contributed by atoms with E-state index in [-0.39, 0.29) is 12.1 Å². The average molecular weight is 552 g/mol. The molecule has 1 saturated heterocycles. The van der Waals surface area contributed by atoms with Gasteiger partial charge >= 0.3 is 6.16 Å². The van der Waals surface area contributed by atoms with E-state index in [9.17, 15) is 9.90 Å². The Hall–Kier alpha value is -2.05. The van der Waals surface area contributed by atoms with Crippen molar-refractivity contribution in [2.75, 3.05) is 19.7 Å². The normalized spacial score (nSPS) is 30.1. The van der Waals surface area contributed by atoms with E-state index >= 15 is 0 Å². The number of rotatable bonds is 14. The van der Waals surface area contributed by atoms with Gasteiger partial charge in [0.05, 0.1) is 17.6 Å². The second kappa shape index (κ2) is 11.7. The predicted octanol–water partition coefficient (Wildman–Crippen LogP) is 7.24. The number of carbonyl (C=O) groups excluding carboxylic acids is 1. The number of carbonyl (C=O) groups is 1. The van der Waals surface area contributed by atoms with Crippen LogP contribution >= 0.6 is 0 Å². The van der Waals surface area contributed by atoms with Crippen molar-refractivity contribution in [2.45, 2.75) is 133 Å². The second-order valence-electron chi connectivity index (χ2n) is 13.3. The molecule has 0 amide bonds. The summed E-state index contributed by atoms with van der Waals surface area (Å²) in [5.74, 6) is 1.81. The highest BCUT2D eigenvalue weighted by molar-refractivity contribution is 5.70. The molecule has 3 unspecified atom stereocenters. The minimum absolute atomic E-state index is 0.0947. The molecule has 5 aliphatic rings. The summed E-state index contributed by atoms with van der Waals surface area (Å²) < 4.78 is 17.8. The Kier molecular flexibility index (Phi) is 8.20. The monoisotopic (exact) mass is 551 g/mol. The highest BCUT2D eigenvalue weighted by Crippen LogP contribution is 2.66. The van der Waals surface area contributed by atoms with Crippen molar-refractivity contribution in [3.05, 3.63) is 35.4 Å². The number of hydrogen-bond acceptors (Lipinski definition) is 6. The van der Waals surface area contributed by atoms with Gasteiger partial charge < -0.3 is 19.3 Å². The summed E-state index contributed by atoms with van der Waals surface area (Å²) in [7, 11) is 0. The number of ether oxygens (including phenoxy) is 3. The number of nitrogens with zero attached hydrogens (tertiary/aromatic N) is 1. The van der Waals surface area contributed by atoms with Gasteiger partial charge in [0.15, 0.2) is 11.5 Å². The molecule has 2 bridgehead atoms. The quantitative estimate of drug-likeness (QED) is 0.114. The fourth-order valence-corrected chi connectivity index (χ4v) is 8.33. The van der Waals surface area contributed by atoms with Crippen molar-refractivity contribution in [1.82, 2.24) is 4.90 Å². The van der Waals surface area contributed by atoms with Crippen LogP contribution in [0.15, 0.2) is 24.3 Å². The summed E-state index contributed by atoms with van der Waals surface area (Å²) in [6, 6.07) is 4.04. The molecule has 3 fully saturated rings. The van der Waals surface area contributed by atoms with E-state index in [4.69, 9.17) is 14.2 Å². The number of likely N-dealkylation sites (tertiary alicyclic amines) is 1. The van der Waals surface area contributed by atoms with Gasteiger partial charge in [0.1, 0.15) is 6.10 Å². The first-order valence-electron chi connectivity index (χ1n) is 16.3. The van der Waals surface area contributed by atoms with Gasteiger partial charge in [0.2, 0.25) is 0 Å². The highest BCUT2D eigenvalue weighted by atomic mass is 16.7. The predicted molar refractivity (Wildman–Crippen MR) is 156 cm³/mol. The molecule has 0 aromatic heterocycles. The fraction of sp³-hybridized carbons (Fsp3) is 0.735. The summed E-state index contributed by atoms with van der Waals surface area (Å²) in [5, 5.41) is 12.5. The maximum absolute atomic E-state index is 12.7. The topological polar surface area (TPSA) is 68.2 Å². The van der Waals surface area contributed by atoms with Gasteiger partial charge in [-0.3, -0.25) is 4.90 Å². The third kappa shape index (κ3) is 4.98. The van der Waals surface area contributed by atoms with Crippen LogP contribution in [0.3, 0.4) is 0 Å². The van der Waals surface area contributed by atoms with Crippen LogP contribution in [0.2, 0.25) is 0 Å². The Morgan fingerprint density at radius 2 is 1.80 bits per heavy atom. The van der Waals surface area contributed by atoms with Gasteiger partial charge in [-0.25, -0.2) is 4.79 Å². The zero-order valence-corrected chi connectivity index (χ0v) is 24.6. The fourth-order valence-electron chi connectivity index (χ4n) is 8.33. The van der Waals surface area contributed by atoms with Gasteiger partial charge in [-0.2, -0.15) is 0 Å². The van der Waals surface area contributed by atoms with Crippen molar-refractivity contribution in [1.29, 1.82) is 0 Å². The van der Waals surface area contributed by atoms with Crippen molar-refractivity contribution >= 4 is 6.16 Å². The molecule has 220 valence electrons. The smallest absolute Gasteiger partial charge is 0.481 e. The maximum atomic E-state index is 12.7. The molecule has 6 rings (SSSR count). The summed E-state index contributed by atoms with van der Waals surface area (Å²) in [4.78, 5) is 15.2. The molecule has 6 heteroatoms. The number of aliphatic hydroxyl groups is 1. The van der Waals surface area contributed by atoms with Crippen LogP contribution in [-0.2, 0) is 16.6 Å². The van der Waals surface area contributed by atoms with Crippen molar-refractivity contribution < 1.29 is 24.1 Å². The third-order valence-corrected chi connectivity index (χ3v) is 10.6. The Balaban J connectivity index is 1.07. The van der Waals surface area contributed by atoms with E-state index in [0.717, 1.165) is 62.2 Å². The highest BCUT2D eigenvalue weighted by Gasteiger charge is 2.72. The molecule has 1 N–H and O–H groups in total. The van der Waals surface area contributed by atoms with Gasteiger partial charge in [-0.1, -0.05) is 77.4 Å². The van der Waals surface area contributed by atoms with E-state index in [2.05, 4.69) is 24.5 Å². The second-order valence-corrected chi connectivity index (χ2v) is 13.3. The Morgan fingerprint density at radius 3 is 2.52 bits per heavy atom. The van der Waals surface area contributed by atoms with E-state index < -0.39 is 17.2 Å².